The van der Waals surface area contributed by atoms with Crippen molar-refractivity contribution in [2.24, 2.45) is 5.92 Å². The number of carbonyl (C=O) groups excluding carboxylic acids is 2. The first kappa shape index (κ1) is 13.8. The molecule has 19 heavy (non-hydrogen) atoms. The van der Waals surface area contributed by atoms with Crippen LogP contribution in [-0.2, 0) is 14.4 Å². The van der Waals surface area contributed by atoms with E-state index in [9.17, 15) is 14.4 Å². The molecule has 1 aliphatic carbocycles. The molecule has 1 heterocycles. The Bertz CT molecular complexity index is 392. The Balaban J connectivity index is 1.79. The highest BCUT2D eigenvalue weighted by Crippen LogP contribution is 2.33. The molecular weight excluding hydrogens is 248 g/mol. The quantitative estimate of drug-likeness (QED) is 0.752. The molecule has 106 valence electrons. The summed E-state index contributed by atoms with van der Waals surface area (Å²) in [4.78, 5) is 37.7. The summed E-state index contributed by atoms with van der Waals surface area (Å²) in [5.41, 5.74) is 0. The van der Waals surface area contributed by atoms with Crippen LogP contribution in [0.3, 0.4) is 0 Å². The normalized spacial score (nSPS) is 22.7. The van der Waals surface area contributed by atoms with Crippen LogP contribution in [0.25, 0.3) is 0 Å². The minimum absolute atomic E-state index is 0.0399. The lowest BCUT2D eigenvalue weighted by molar-refractivity contribution is -0.138. The fourth-order valence-electron chi connectivity index (χ4n) is 2.53. The Morgan fingerprint density at radius 1 is 1.42 bits per heavy atom. The number of nitrogens with zero attached hydrogens (tertiary/aromatic N) is 2. The van der Waals surface area contributed by atoms with Crippen molar-refractivity contribution in [3.63, 3.8) is 0 Å². The molecule has 1 saturated carbocycles. The van der Waals surface area contributed by atoms with Gasteiger partial charge in [-0.15, -0.1) is 0 Å². The van der Waals surface area contributed by atoms with Gasteiger partial charge in [-0.2, -0.15) is 0 Å². The van der Waals surface area contributed by atoms with E-state index >= 15 is 0 Å². The number of hydrogen-bond acceptors (Lipinski definition) is 3. The van der Waals surface area contributed by atoms with Crippen molar-refractivity contribution in [3.8, 4) is 0 Å². The van der Waals surface area contributed by atoms with E-state index in [-0.39, 0.29) is 24.2 Å². The van der Waals surface area contributed by atoms with Gasteiger partial charge in [-0.1, -0.05) is 0 Å². The minimum atomic E-state index is -0.850. The van der Waals surface area contributed by atoms with Crippen LogP contribution in [0.4, 0.5) is 0 Å². The van der Waals surface area contributed by atoms with Gasteiger partial charge in [0.2, 0.25) is 11.8 Å². The van der Waals surface area contributed by atoms with Crippen molar-refractivity contribution in [1.82, 2.24) is 9.80 Å². The Kier molecular flexibility index (Phi) is 4.07. The van der Waals surface area contributed by atoms with Gasteiger partial charge in [-0.05, 0) is 19.3 Å². The molecule has 0 aromatic rings. The highest BCUT2D eigenvalue weighted by molar-refractivity contribution is 5.89. The van der Waals surface area contributed by atoms with Gasteiger partial charge in [0.15, 0.2) is 0 Å². The van der Waals surface area contributed by atoms with Gasteiger partial charge in [0.25, 0.3) is 0 Å². The summed E-state index contributed by atoms with van der Waals surface area (Å²) >= 11 is 0. The number of likely N-dealkylation sites (tertiary alicyclic amines) is 1. The van der Waals surface area contributed by atoms with Crippen LogP contribution in [0.15, 0.2) is 0 Å². The Morgan fingerprint density at radius 2 is 2.11 bits per heavy atom. The molecule has 2 aliphatic rings. The van der Waals surface area contributed by atoms with E-state index < -0.39 is 5.97 Å². The zero-order chi connectivity index (χ0) is 14.0. The fraction of sp³-hybridized carbons (Fsp3) is 0.769. The molecule has 1 saturated heterocycles. The Hall–Kier alpha value is -1.59. The van der Waals surface area contributed by atoms with Crippen LogP contribution in [0, 0.1) is 5.92 Å². The van der Waals surface area contributed by atoms with Crippen LogP contribution < -0.4 is 0 Å². The molecule has 0 bridgehead atoms. The lowest BCUT2D eigenvalue weighted by atomic mass is 10.1. The third-order valence-electron chi connectivity index (χ3n) is 3.76. The van der Waals surface area contributed by atoms with Gasteiger partial charge >= 0.3 is 5.97 Å². The summed E-state index contributed by atoms with van der Waals surface area (Å²) in [6.45, 7) is 0.963. The number of carbonyl (C=O) groups is 3. The molecule has 1 N–H and O–H groups in total. The predicted molar refractivity (Wildman–Crippen MR) is 67.3 cm³/mol. The zero-order valence-corrected chi connectivity index (χ0v) is 11.2. The highest BCUT2D eigenvalue weighted by Gasteiger charge is 2.42. The first-order valence-corrected chi connectivity index (χ1v) is 6.75. The van der Waals surface area contributed by atoms with Crippen molar-refractivity contribution in [2.75, 3.05) is 20.1 Å². The monoisotopic (exact) mass is 268 g/mol. The zero-order valence-electron chi connectivity index (χ0n) is 11.2. The maximum atomic E-state index is 12.2. The second-order valence-electron chi connectivity index (χ2n) is 5.44. The average molecular weight is 268 g/mol. The van der Waals surface area contributed by atoms with E-state index in [1.165, 1.54) is 0 Å². The van der Waals surface area contributed by atoms with Crippen molar-refractivity contribution < 1.29 is 19.5 Å². The molecule has 1 atom stereocenters. The van der Waals surface area contributed by atoms with Gasteiger partial charge in [0, 0.05) is 39.0 Å². The predicted octanol–water partition coefficient (Wildman–Crippen LogP) is 0.320. The Morgan fingerprint density at radius 3 is 2.68 bits per heavy atom. The number of amides is 2. The van der Waals surface area contributed by atoms with Crippen molar-refractivity contribution in [3.05, 3.63) is 0 Å². The third kappa shape index (κ3) is 3.45. The van der Waals surface area contributed by atoms with Gasteiger partial charge in [-0.3, -0.25) is 14.4 Å². The molecule has 0 aromatic carbocycles. The minimum Gasteiger partial charge on any atom is -0.481 e. The van der Waals surface area contributed by atoms with Crippen LogP contribution in [-0.4, -0.2) is 58.9 Å². The number of hydrogen-bond donors (Lipinski definition) is 1. The van der Waals surface area contributed by atoms with E-state index in [4.69, 9.17) is 5.11 Å². The molecule has 1 unspecified atom stereocenters. The maximum Gasteiger partial charge on any atom is 0.303 e. The van der Waals surface area contributed by atoms with Crippen LogP contribution in [0.1, 0.15) is 32.1 Å². The first-order chi connectivity index (χ1) is 8.99. The van der Waals surface area contributed by atoms with Crippen molar-refractivity contribution in [2.45, 2.75) is 38.1 Å². The average Bonchev–Trinajstić information content (AvgIpc) is 3.11. The van der Waals surface area contributed by atoms with Crippen LogP contribution in [0.2, 0.25) is 0 Å². The van der Waals surface area contributed by atoms with Crippen molar-refractivity contribution in [1.29, 1.82) is 0 Å². The SMILES string of the molecule is CN(CCCC(=O)O)C(=O)C1CC(=O)N(C2CC2)C1. The van der Waals surface area contributed by atoms with Crippen molar-refractivity contribution >= 4 is 17.8 Å². The summed E-state index contributed by atoms with van der Waals surface area (Å²) in [7, 11) is 1.68. The molecule has 1 aliphatic heterocycles. The first-order valence-electron chi connectivity index (χ1n) is 6.75. The van der Waals surface area contributed by atoms with E-state index in [0.29, 0.717) is 32.0 Å². The number of aliphatic carboxylic acids is 1. The lowest BCUT2D eigenvalue weighted by Gasteiger charge is -2.21. The number of carboxylic acid groups (broad SMARTS) is 1. The molecule has 0 radical (unpaired) electrons. The molecule has 0 spiro atoms. The number of rotatable bonds is 6. The fourth-order valence-corrected chi connectivity index (χ4v) is 2.53. The summed E-state index contributed by atoms with van der Waals surface area (Å²) in [6, 6.07) is 0.364. The van der Waals surface area contributed by atoms with Gasteiger partial charge in [0.05, 0.1) is 5.92 Å². The molecule has 2 amide bonds. The summed E-state index contributed by atoms with van der Waals surface area (Å²) in [5, 5.41) is 8.56. The smallest absolute Gasteiger partial charge is 0.303 e. The third-order valence-corrected chi connectivity index (χ3v) is 3.76. The molecule has 6 nitrogen and oxygen atoms in total. The summed E-state index contributed by atoms with van der Waals surface area (Å²) in [6.07, 6.45) is 2.93. The summed E-state index contributed by atoms with van der Waals surface area (Å²) < 4.78 is 0. The second-order valence-corrected chi connectivity index (χ2v) is 5.44. The largest absolute Gasteiger partial charge is 0.481 e. The Labute approximate surface area is 112 Å². The summed E-state index contributed by atoms with van der Waals surface area (Å²) in [5.74, 6) is -1.05. The van der Waals surface area contributed by atoms with Gasteiger partial charge in [-0.25, -0.2) is 0 Å². The molecule has 2 rings (SSSR count). The molecular formula is C13H20N2O4. The van der Waals surface area contributed by atoms with Gasteiger partial charge in [0.1, 0.15) is 0 Å². The van der Waals surface area contributed by atoms with E-state index in [1.807, 2.05) is 4.90 Å². The maximum absolute atomic E-state index is 12.2. The molecule has 2 fully saturated rings. The van der Waals surface area contributed by atoms with E-state index in [2.05, 4.69) is 0 Å². The second kappa shape index (κ2) is 5.59. The molecule has 6 heteroatoms. The van der Waals surface area contributed by atoms with E-state index in [1.54, 1.807) is 11.9 Å². The van der Waals surface area contributed by atoms with Crippen LogP contribution >= 0.6 is 0 Å². The highest BCUT2D eigenvalue weighted by atomic mass is 16.4. The molecule has 0 aromatic heterocycles. The van der Waals surface area contributed by atoms with Crippen LogP contribution in [0.5, 0.6) is 0 Å². The van der Waals surface area contributed by atoms with Gasteiger partial charge < -0.3 is 14.9 Å². The standard InChI is InChI=1S/C13H20N2O4/c1-14(6-2-3-12(17)18)13(19)9-7-11(16)15(8-9)10-4-5-10/h9-10H,2-8H2,1H3,(H,17,18). The lowest BCUT2D eigenvalue weighted by Crippen LogP contribution is -2.35. The van der Waals surface area contributed by atoms with E-state index in [0.717, 1.165) is 12.8 Å². The number of carboxylic acids is 1. The topological polar surface area (TPSA) is 77.9 Å².